The van der Waals surface area contributed by atoms with Crippen molar-refractivity contribution in [2.24, 2.45) is 17.0 Å². The molecule has 3 aliphatic carbocycles. The van der Waals surface area contributed by atoms with Crippen molar-refractivity contribution < 1.29 is 42.4 Å². The van der Waals surface area contributed by atoms with Crippen molar-refractivity contribution in [2.75, 3.05) is 13.7 Å². The molecule has 3 aromatic carbocycles. The molecule has 2 saturated carbocycles. The van der Waals surface area contributed by atoms with E-state index in [1.54, 1.807) is 32.0 Å². The second-order valence-corrected chi connectivity index (χ2v) is 16.7. The number of hydroxylamine groups is 2. The lowest BCUT2D eigenvalue weighted by atomic mass is 10.0. The fourth-order valence-electron chi connectivity index (χ4n) is 7.52. The molecule has 0 spiro atoms. The summed E-state index contributed by atoms with van der Waals surface area (Å²) in [4.78, 5) is 63.4. The number of likely N-dealkylation sites (tertiary alicyclic amines) is 1. The van der Waals surface area contributed by atoms with Gasteiger partial charge in [-0.3, -0.25) is 29.1 Å². The van der Waals surface area contributed by atoms with E-state index in [1.165, 1.54) is 24.2 Å². The third-order valence-corrected chi connectivity index (χ3v) is 12.6. The van der Waals surface area contributed by atoms with Crippen molar-refractivity contribution in [3.63, 3.8) is 0 Å². The molecule has 3 fully saturated rings. The fraction of sp³-hybridized carbons (Fsp3) is 0.375. The number of sulfonamides is 1. The number of nitrogens with zero attached hydrogens (tertiary/aromatic N) is 3. The predicted octanol–water partition coefficient (Wildman–Crippen LogP) is 3.64. The van der Waals surface area contributed by atoms with Gasteiger partial charge in [-0.15, -0.1) is 6.58 Å². The predicted molar refractivity (Wildman–Crippen MR) is 201 cm³/mol. The highest BCUT2D eigenvalue weighted by atomic mass is 32.2. The number of para-hydroxylation sites is 1. The van der Waals surface area contributed by atoms with Gasteiger partial charge in [-0.25, -0.2) is 13.5 Å². The van der Waals surface area contributed by atoms with Crippen molar-refractivity contribution >= 4 is 39.4 Å². The normalized spacial score (nSPS) is 22.9. The van der Waals surface area contributed by atoms with E-state index in [1.807, 2.05) is 48.5 Å². The third kappa shape index (κ3) is 6.98. The molecule has 15 heteroatoms. The lowest BCUT2D eigenvalue weighted by Crippen LogP contribution is -2.59. The molecule has 7 rings (SSSR count). The van der Waals surface area contributed by atoms with Gasteiger partial charge in [-0.2, -0.15) is 0 Å². The first-order valence-corrected chi connectivity index (χ1v) is 19.8. The Hall–Kier alpha value is -5.54. The number of benzene rings is 3. The Balaban J connectivity index is 1.19. The maximum Gasteiger partial charge on any atom is 0.281 e. The average Bonchev–Trinajstić information content (AvgIpc) is 4.09. The Labute approximate surface area is 319 Å². The van der Waals surface area contributed by atoms with E-state index in [0.717, 1.165) is 22.3 Å². The number of carbonyl (C=O) groups is 4. The second kappa shape index (κ2) is 14.6. The molecule has 0 aromatic heterocycles. The van der Waals surface area contributed by atoms with Gasteiger partial charge in [0.05, 0.1) is 24.5 Å². The van der Waals surface area contributed by atoms with E-state index >= 15 is 0 Å². The lowest BCUT2D eigenvalue weighted by Gasteiger charge is -2.34. The van der Waals surface area contributed by atoms with E-state index in [9.17, 15) is 32.8 Å². The van der Waals surface area contributed by atoms with E-state index < -0.39 is 74.5 Å². The van der Waals surface area contributed by atoms with Gasteiger partial charge in [-0.05, 0) is 48.4 Å². The minimum absolute atomic E-state index is 0.0223. The van der Waals surface area contributed by atoms with Crippen LogP contribution in [0.25, 0.3) is 11.1 Å². The Bertz CT molecular complexity index is 2160. The Morgan fingerprint density at radius 3 is 2.15 bits per heavy atom. The zero-order chi connectivity index (χ0) is 39.2. The number of methoxy groups -OCH3 is 1. The van der Waals surface area contributed by atoms with E-state index in [2.05, 4.69) is 21.8 Å². The number of amides is 4. The van der Waals surface area contributed by atoms with Gasteiger partial charge in [0.25, 0.3) is 11.8 Å². The number of oxime groups is 1. The van der Waals surface area contributed by atoms with E-state index in [0.29, 0.717) is 23.6 Å². The summed E-state index contributed by atoms with van der Waals surface area (Å²) >= 11 is 0. The smallest absolute Gasteiger partial charge is 0.281 e. The molecule has 3 N–H and O–H groups in total. The summed E-state index contributed by atoms with van der Waals surface area (Å²) in [5.74, 6) is -4.26. The van der Waals surface area contributed by atoms with Crippen LogP contribution in [0, 0.1) is 11.8 Å². The molecule has 0 bridgehead atoms. The van der Waals surface area contributed by atoms with Gasteiger partial charge in [0.1, 0.15) is 35.2 Å². The summed E-state index contributed by atoms with van der Waals surface area (Å²) in [6, 6.07) is 19.0. The molecule has 55 heavy (non-hydrogen) atoms. The molecule has 5 atom stereocenters. The minimum Gasteiger partial charge on any atom is -0.496 e. The van der Waals surface area contributed by atoms with Gasteiger partial charge < -0.3 is 19.8 Å². The van der Waals surface area contributed by atoms with Gasteiger partial charge in [-0.1, -0.05) is 85.7 Å². The van der Waals surface area contributed by atoms with Gasteiger partial charge >= 0.3 is 0 Å². The van der Waals surface area contributed by atoms with E-state index in [-0.39, 0.29) is 30.7 Å². The number of carbonyl (C=O) groups excluding carboxylic acids is 4. The molecule has 0 unspecified atom stereocenters. The fourth-order valence-corrected chi connectivity index (χ4v) is 8.88. The number of hydrogen-bond acceptors (Lipinski definition) is 10. The van der Waals surface area contributed by atoms with Crippen molar-refractivity contribution in [3.8, 4) is 16.9 Å². The monoisotopic (exact) mass is 769 g/mol. The summed E-state index contributed by atoms with van der Waals surface area (Å²) in [6.07, 6.45) is 1.56. The average molecular weight is 770 g/mol. The van der Waals surface area contributed by atoms with Crippen molar-refractivity contribution in [1.29, 1.82) is 0 Å². The molecule has 14 nitrogen and oxygen atoms in total. The zero-order valence-corrected chi connectivity index (χ0v) is 31.5. The van der Waals surface area contributed by atoms with Gasteiger partial charge in [0, 0.05) is 23.5 Å². The lowest BCUT2D eigenvalue weighted by molar-refractivity contribution is -0.159. The molecule has 288 valence electrons. The quantitative estimate of drug-likeness (QED) is 0.104. The highest BCUT2D eigenvalue weighted by Gasteiger charge is 2.62. The maximum absolute atomic E-state index is 14.6. The number of hydrogen-bond donors (Lipinski definition) is 3. The first-order chi connectivity index (χ1) is 26.3. The molecule has 3 aromatic rings. The number of ether oxygens (including phenoxy) is 1. The molecule has 0 radical (unpaired) electrons. The first-order valence-electron chi connectivity index (χ1n) is 18.2. The van der Waals surface area contributed by atoms with Crippen molar-refractivity contribution in [1.82, 2.24) is 20.0 Å². The summed E-state index contributed by atoms with van der Waals surface area (Å²) in [7, 11) is -2.55. The number of rotatable bonds is 13. The Morgan fingerprint density at radius 1 is 0.982 bits per heavy atom. The minimum atomic E-state index is -3.93. The van der Waals surface area contributed by atoms with Crippen molar-refractivity contribution in [2.45, 2.75) is 68.5 Å². The molecule has 1 saturated heterocycles. The molecular weight excluding hydrogens is 727 g/mol. The Morgan fingerprint density at radius 2 is 1.58 bits per heavy atom. The van der Waals surface area contributed by atoms with Crippen LogP contribution in [0.1, 0.15) is 61.0 Å². The number of nitrogens with one attached hydrogen (secondary N) is 2. The van der Waals surface area contributed by atoms with Crippen LogP contribution in [0.2, 0.25) is 0 Å². The molecular formula is C40H43N5O9S. The molecule has 1 aliphatic heterocycles. The molecule has 4 aliphatic rings. The summed E-state index contributed by atoms with van der Waals surface area (Å²) in [5.41, 5.74) is 2.68. The SMILES string of the molecule is C=C[C@@H]1C[C@@]1(NC(=O)[C@@H]1C[C@@H](ON=C2c3ccccc3-c3ccccc32)CN1C(=O)[C@@H](C(C)C)N(O)C(=O)c1ccccc1OC)C(=O)NS(=O)(=O)C1CC1. The topological polar surface area (TPSA) is 184 Å². The van der Waals surface area contributed by atoms with Crippen LogP contribution >= 0.6 is 0 Å². The van der Waals surface area contributed by atoms with Crippen LogP contribution < -0.4 is 14.8 Å². The van der Waals surface area contributed by atoms with Crippen LogP contribution in [0.4, 0.5) is 0 Å². The molecule has 1 heterocycles. The zero-order valence-electron chi connectivity index (χ0n) is 30.7. The van der Waals surface area contributed by atoms with E-state index in [4.69, 9.17) is 9.57 Å². The largest absolute Gasteiger partial charge is 0.496 e. The summed E-state index contributed by atoms with van der Waals surface area (Å²) in [6.45, 7) is 6.91. The Kier molecular flexibility index (Phi) is 10.0. The molecule has 4 amide bonds. The standard InChI is InChI=1S/C40H43N5O9S/c1-5-24-21-40(24,39(49)43-55(51,52)26-18-19-26)41-36(46)32-20-25(54-42-34-29-14-8-6-12-27(29)28-13-7-9-15-30(28)34)22-44(32)38(48)35(23(2)3)45(50)37(47)31-16-10-11-17-33(31)53-4/h5-17,23-26,32,35,50H,1,18-22H2,2-4H3,(H,41,46)(H,43,49)/t24-,25-,32+,35-,40+/m1/s1. The number of fused-ring (bicyclic) bond motifs is 3. The highest BCUT2D eigenvalue weighted by molar-refractivity contribution is 7.91. The first kappa shape index (κ1) is 37.8. The van der Waals surface area contributed by atoms with Gasteiger partial charge in [0.2, 0.25) is 21.8 Å². The van der Waals surface area contributed by atoms with Crippen LogP contribution in [0.15, 0.2) is 90.6 Å². The second-order valence-electron chi connectivity index (χ2n) is 14.7. The summed E-state index contributed by atoms with van der Waals surface area (Å²) < 4.78 is 32.9. The maximum atomic E-state index is 14.6. The highest BCUT2D eigenvalue weighted by Crippen LogP contribution is 2.46. The van der Waals surface area contributed by atoms with Crippen LogP contribution in [-0.2, 0) is 29.2 Å². The van der Waals surface area contributed by atoms with Crippen LogP contribution in [0.5, 0.6) is 5.75 Å². The summed E-state index contributed by atoms with van der Waals surface area (Å²) in [5, 5.41) is 18.4. The van der Waals surface area contributed by atoms with Crippen LogP contribution in [0.3, 0.4) is 0 Å². The van der Waals surface area contributed by atoms with Crippen molar-refractivity contribution in [3.05, 3.63) is 102 Å². The van der Waals surface area contributed by atoms with Gasteiger partial charge in [0.15, 0.2) is 0 Å². The van der Waals surface area contributed by atoms with Crippen LogP contribution in [-0.4, -0.2) is 95.6 Å². The third-order valence-electron chi connectivity index (χ3n) is 10.7.